The molecule has 5 amide bonds. The first kappa shape index (κ1) is 54.7. The fraction of sp³-hybridized carbons (Fsp3) is 0.421. The van der Waals surface area contributed by atoms with Crippen LogP contribution in [-0.2, 0) is 32.3 Å². The van der Waals surface area contributed by atoms with Gasteiger partial charge in [-0.3, -0.25) is 33.8 Å². The number of likely N-dealkylation sites (tertiary alicyclic amines) is 1. The Morgan fingerprint density at radius 2 is 1.55 bits per heavy atom. The van der Waals surface area contributed by atoms with Gasteiger partial charge in [0.15, 0.2) is 0 Å². The number of carbonyl (C=O) groups is 5. The van der Waals surface area contributed by atoms with Gasteiger partial charge in [-0.2, -0.15) is 0 Å². The lowest BCUT2D eigenvalue weighted by atomic mass is 9.85. The van der Waals surface area contributed by atoms with Crippen LogP contribution in [0.25, 0.3) is 32.7 Å². The van der Waals surface area contributed by atoms with Crippen molar-refractivity contribution in [2.75, 3.05) is 11.9 Å². The number of anilines is 1. The highest BCUT2D eigenvalue weighted by Crippen LogP contribution is 2.30. The van der Waals surface area contributed by atoms with Crippen molar-refractivity contribution in [1.82, 2.24) is 40.4 Å². The first-order chi connectivity index (χ1) is 35.5. The summed E-state index contributed by atoms with van der Waals surface area (Å²) in [5.74, 6) is -1.37. The van der Waals surface area contributed by atoms with Gasteiger partial charge in [0.05, 0.1) is 39.3 Å². The van der Waals surface area contributed by atoms with Crippen molar-refractivity contribution in [1.29, 1.82) is 0 Å². The van der Waals surface area contributed by atoms with Crippen LogP contribution < -0.4 is 26.8 Å². The molecule has 1 aliphatic rings. The topological polar surface area (TPSA) is 218 Å². The number of aromatic nitrogens is 4. The molecule has 5 N–H and O–H groups in total. The molecule has 0 unspecified atom stereocenters. The number of rotatable bonds is 22. The molecule has 3 aromatic carbocycles. The summed E-state index contributed by atoms with van der Waals surface area (Å²) in [6, 6.07) is 21.7. The highest BCUT2D eigenvalue weighted by molar-refractivity contribution is 7.13. The third-order valence-electron chi connectivity index (χ3n) is 13.4. The number of fused-ring (bicyclic) bond motifs is 1. The van der Waals surface area contributed by atoms with E-state index >= 15 is 0 Å². The molecule has 1 fully saturated rings. The number of β-amino-alcohol motifs (C(OH)–C–C–N with tert-alkyl or cyclic N) is 1. The van der Waals surface area contributed by atoms with E-state index in [1.165, 1.54) is 4.90 Å². The molecule has 0 radical (unpaired) electrons. The smallest absolute Gasteiger partial charge is 0.277 e. The Kier molecular flexibility index (Phi) is 18.6. The van der Waals surface area contributed by atoms with Crippen LogP contribution in [-0.4, -0.2) is 83.8 Å². The number of hydrogen-bond donors (Lipinski definition) is 5. The van der Waals surface area contributed by atoms with Gasteiger partial charge in [-0.1, -0.05) is 95.8 Å². The van der Waals surface area contributed by atoms with Crippen molar-refractivity contribution >= 4 is 57.6 Å². The van der Waals surface area contributed by atoms with Crippen LogP contribution in [0.4, 0.5) is 5.69 Å². The van der Waals surface area contributed by atoms with Gasteiger partial charge in [-0.05, 0) is 91.6 Å². The summed E-state index contributed by atoms with van der Waals surface area (Å²) in [6.45, 7) is 12.3. The molecule has 74 heavy (non-hydrogen) atoms. The van der Waals surface area contributed by atoms with Crippen molar-refractivity contribution in [3.63, 3.8) is 0 Å². The first-order valence-electron chi connectivity index (χ1n) is 25.7. The van der Waals surface area contributed by atoms with Crippen molar-refractivity contribution in [2.45, 2.75) is 143 Å². The average molecular weight is 1020 g/mol. The number of aryl methyl sites for hydroxylation is 2. The molecule has 1 aliphatic heterocycles. The number of nitrogens with one attached hydrogen (secondary N) is 4. The summed E-state index contributed by atoms with van der Waals surface area (Å²) in [4.78, 5) is 96.4. The molecule has 1 saturated heterocycles. The highest BCUT2D eigenvalue weighted by atomic mass is 32.1. The fourth-order valence-electron chi connectivity index (χ4n) is 9.27. The second kappa shape index (κ2) is 25.2. The van der Waals surface area contributed by atoms with Crippen molar-refractivity contribution < 1.29 is 29.1 Å². The summed E-state index contributed by atoms with van der Waals surface area (Å²) >= 11 is 1.57. The van der Waals surface area contributed by atoms with E-state index in [0.717, 1.165) is 52.9 Å². The minimum absolute atomic E-state index is 0.000324. The molecule has 0 spiro atoms. The predicted molar refractivity (Wildman–Crippen MR) is 289 cm³/mol. The molecular formula is C57H69N9O7S. The van der Waals surface area contributed by atoms with Crippen molar-refractivity contribution in [3.05, 3.63) is 130 Å². The number of unbranched alkanes of at least 4 members (excludes halogenated alkanes) is 5. The molecule has 390 valence electrons. The molecule has 3 aromatic heterocycles. The Hall–Kier alpha value is -7.11. The SMILES string of the molecule is CCCn1c(=O)c(-c2ccc(C(=O)NCc3cccnc3)cc2)nc2ccc(NC(=O)CCCCCCCCC(=O)N[C@H](C(=O)N3C[C@H](O)C[C@H]3C(=O)N[C@@H](C)c3ccc(-c4scnc4C)cc3)C(C)(C)C)cc21. The van der Waals surface area contributed by atoms with E-state index in [4.69, 9.17) is 4.98 Å². The largest absolute Gasteiger partial charge is 0.391 e. The van der Waals surface area contributed by atoms with Crippen LogP contribution in [0.5, 0.6) is 0 Å². The second-order valence-corrected chi connectivity index (χ2v) is 21.1. The number of amides is 5. The Bertz CT molecular complexity index is 2970. The van der Waals surface area contributed by atoms with Crippen LogP contribution in [0.2, 0.25) is 0 Å². The predicted octanol–water partition coefficient (Wildman–Crippen LogP) is 8.66. The van der Waals surface area contributed by atoms with Crippen LogP contribution >= 0.6 is 11.3 Å². The zero-order valence-corrected chi connectivity index (χ0v) is 44.1. The van der Waals surface area contributed by atoms with E-state index in [0.29, 0.717) is 66.6 Å². The fourth-order valence-corrected chi connectivity index (χ4v) is 10.1. The molecule has 17 heteroatoms. The normalized spacial score (nSPS) is 15.4. The van der Waals surface area contributed by atoms with Gasteiger partial charge in [0.25, 0.3) is 11.5 Å². The monoisotopic (exact) mass is 1020 g/mol. The maximum atomic E-state index is 14.1. The van der Waals surface area contributed by atoms with Gasteiger partial charge in [-0.25, -0.2) is 9.97 Å². The zero-order valence-electron chi connectivity index (χ0n) is 43.3. The number of benzene rings is 3. The lowest BCUT2D eigenvalue weighted by Gasteiger charge is -2.35. The van der Waals surface area contributed by atoms with Crippen LogP contribution in [0, 0.1) is 12.3 Å². The molecule has 0 saturated carbocycles. The maximum absolute atomic E-state index is 14.1. The van der Waals surface area contributed by atoms with Gasteiger partial charge in [0, 0.05) is 68.1 Å². The van der Waals surface area contributed by atoms with Gasteiger partial charge in [-0.15, -0.1) is 11.3 Å². The summed E-state index contributed by atoms with van der Waals surface area (Å²) in [5.41, 5.74) is 7.82. The third-order valence-corrected chi connectivity index (χ3v) is 14.4. The molecular weight excluding hydrogens is 955 g/mol. The van der Waals surface area contributed by atoms with Crippen molar-refractivity contribution in [2.24, 2.45) is 5.41 Å². The standard InChI is InChI=1S/C57H69N9O7S/c1-7-29-65-46-30-43(26-27-45(46)63-50(55(65)72)40-20-24-42(25-21-40)53(70)59-33-38-15-14-28-58-32-38)62-48(68)16-12-10-8-9-11-13-17-49(69)64-52(57(4,5)6)56(73)66-34-44(67)31-47(66)54(71)61-36(2)39-18-22-41(23-19-39)51-37(3)60-35-74-51/h14-15,18-28,30,32,35-36,44,47,52,67H,7-13,16-17,29,31,33-34H2,1-6H3,(H,59,70)(H,61,71)(H,62,68)(H,64,69)/t36-,44+,47-,52+/m0/s1. The summed E-state index contributed by atoms with van der Waals surface area (Å²) in [7, 11) is 0. The highest BCUT2D eigenvalue weighted by Gasteiger charge is 2.44. The minimum atomic E-state index is -0.899. The maximum Gasteiger partial charge on any atom is 0.277 e. The molecule has 4 heterocycles. The van der Waals surface area contributed by atoms with Crippen LogP contribution in [0.1, 0.15) is 132 Å². The van der Waals surface area contributed by atoms with Gasteiger partial charge < -0.3 is 35.8 Å². The molecule has 4 atom stereocenters. The van der Waals surface area contributed by atoms with E-state index in [1.807, 2.05) is 83.5 Å². The van der Waals surface area contributed by atoms with E-state index < -0.39 is 29.5 Å². The first-order valence-corrected chi connectivity index (χ1v) is 26.6. The number of aliphatic hydroxyl groups is 1. The minimum Gasteiger partial charge on any atom is -0.391 e. The summed E-state index contributed by atoms with van der Waals surface area (Å²) < 4.78 is 1.68. The van der Waals surface area contributed by atoms with E-state index in [2.05, 4.69) is 31.2 Å². The van der Waals surface area contributed by atoms with Crippen molar-refractivity contribution in [3.8, 4) is 21.7 Å². The average Bonchev–Trinajstić information content (AvgIpc) is 4.01. The molecule has 0 aliphatic carbocycles. The lowest BCUT2D eigenvalue weighted by molar-refractivity contribution is -0.144. The van der Waals surface area contributed by atoms with Crippen LogP contribution in [0.3, 0.4) is 0 Å². The number of pyridine rings is 1. The Morgan fingerprint density at radius 1 is 0.865 bits per heavy atom. The Morgan fingerprint density at radius 3 is 2.20 bits per heavy atom. The molecule has 6 aromatic rings. The summed E-state index contributed by atoms with van der Waals surface area (Å²) in [6.07, 6.45) is 8.64. The Labute approximate surface area is 436 Å². The van der Waals surface area contributed by atoms with Gasteiger partial charge in [0.2, 0.25) is 23.6 Å². The van der Waals surface area contributed by atoms with Crippen LogP contribution in [0.15, 0.2) is 102 Å². The number of aliphatic hydroxyl groups excluding tert-OH is 1. The quantitative estimate of drug-likeness (QED) is 0.0408. The lowest BCUT2D eigenvalue weighted by Crippen LogP contribution is -2.57. The number of nitrogens with zero attached hydrogens (tertiary/aromatic N) is 5. The molecule has 0 bridgehead atoms. The zero-order chi connectivity index (χ0) is 52.9. The third kappa shape index (κ3) is 14.1. The number of hydrogen-bond acceptors (Lipinski definition) is 11. The van der Waals surface area contributed by atoms with E-state index in [1.54, 1.807) is 70.8 Å². The summed E-state index contributed by atoms with van der Waals surface area (Å²) in [5, 5.41) is 22.5. The van der Waals surface area contributed by atoms with E-state index in [-0.39, 0.29) is 60.3 Å². The molecule has 16 nitrogen and oxygen atoms in total. The number of carbonyl (C=O) groups excluding carboxylic acids is 5. The molecule has 7 rings (SSSR count). The number of thiazole rings is 1. The second-order valence-electron chi connectivity index (χ2n) is 20.3. The Balaban J connectivity index is 0.830. The van der Waals surface area contributed by atoms with Gasteiger partial charge in [0.1, 0.15) is 17.8 Å². The van der Waals surface area contributed by atoms with E-state index in [9.17, 15) is 33.9 Å². The van der Waals surface area contributed by atoms with Gasteiger partial charge >= 0.3 is 0 Å².